The van der Waals surface area contributed by atoms with E-state index in [1.54, 1.807) is 24.7 Å². The second-order valence-corrected chi connectivity index (χ2v) is 4.77. The van der Waals surface area contributed by atoms with Crippen molar-refractivity contribution in [3.8, 4) is 0 Å². The van der Waals surface area contributed by atoms with E-state index in [-0.39, 0.29) is 11.6 Å². The van der Waals surface area contributed by atoms with Crippen LogP contribution in [0.3, 0.4) is 0 Å². The van der Waals surface area contributed by atoms with E-state index in [0.29, 0.717) is 18.8 Å². The maximum Gasteiger partial charge on any atom is 0.280 e. The number of carbonyl (C=O) groups excluding carboxylic acids is 1. The Hall–Kier alpha value is -3.01. The number of aromatic nitrogens is 6. The molecule has 0 aromatic carbocycles. The van der Waals surface area contributed by atoms with Crippen molar-refractivity contribution in [3.63, 3.8) is 0 Å². The highest BCUT2D eigenvalue weighted by Gasteiger charge is 2.14. The predicted octanol–water partition coefficient (Wildman–Crippen LogP) is 0.168. The molecule has 3 aromatic heterocycles. The highest BCUT2D eigenvalue weighted by atomic mass is 16.5. The fraction of sp³-hybridized carbons (Fsp3) is 0.308. The second kappa shape index (κ2) is 6.40. The highest BCUT2D eigenvalue weighted by molar-refractivity contribution is 6.01. The van der Waals surface area contributed by atoms with E-state index in [2.05, 4.69) is 31.0 Å². The number of nitrogens with one attached hydrogen (secondary N) is 2. The number of fused-ring (bicyclic) bond motifs is 1. The van der Waals surface area contributed by atoms with Crippen LogP contribution >= 0.6 is 0 Å². The van der Waals surface area contributed by atoms with Crippen LogP contribution in [0.2, 0.25) is 0 Å². The van der Waals surface area contributed by atoms with Crippen LogP contribution in [0.5, 0.6) is 0 Å². The van der Waals surface area contributed by atoms with Gasteiger partial charge in [-0.05, 0) is 12.1 Å². The Labute approximate surface area is 131 Å². The summed E-state index contributed by atoms with van der Waals surface area (Å²) in [5.74, 6) is 0.539. The first kappa shape index (κ1) is 14.9. The lowest BCUT2D eigenvalue weighted by Crippen LogP contribution is -2.14. The minimum Gasteiger partial charge on any atom is -0.383 e. The molecule has 0 atom stereocenters. The molecule has 0 aliphatic heterocycles. The minimum atomic E-state index is -0.414. The number of hydrogen-bond donors (Lipinski definition) is 2. The number of nitrogens with zero attached hydrogens (tertiary/aromatic N) is 6. The summed E-state index contributed by atoms with van der Waals surface area (Å²) in [7, 11) is 3.32. The lowest BCUT2D eigenvalue weighted by molar-refractivity contribution is 0.102. The number of rotatable bonds is 6. The van der Waals surface area contributed by atoms with Crippen molar-refractivity contribution in [1.82, 2.24) is 29.6 Å². The fourth-order valence-corrected chi connectivity index (χ4v) is 1.99. The van der Waals surface area contributed by atoms with Crippen molar-refractivity contribution >= 4 is 23.3 Å². The molecule has 10 heteroatoms. The fourth-order valence-electron chi connectivity index (χ4n) is 1.99. The van der Waals surface area contributed by atoms with Crippen LogP contribution in [0.1, 0.15) is 10.5 Å². The third-order valence-electron chi connectivity index (χ3n) is 3.03. The molecule has 0 fully saturated rings. The smallest absolute Gasteiger partial charge is 0.280 e. The number of aryl methyl sites for hydroxylation is 1. The van der Waals surface area contributed by atoms with E-state index in [9.17, 15) is 4.79 Å². The normalized spacial score (nSPS) is 10.9. The average Bonchev–Trinajstić information content (AvgIpc) is 3.13. The van der Waals surface area contributed by atoms with Gasteiger partial charge in [0.05, 0.1) is 12.8 Å². The molecule has 0 unspecified atom stereocenters. The first-order valence-corrected chi connectivity index (χ1v) is 6.93. The summed E-state index contributed by atoms with van der Waals surface area (Å²) in [5, 5.41) is 17.5. The van der Waals surface area contributed by atoms with Gasteiger partial charge in [-0.1, -0.05) is 11.3 Å². The van der Waals surface area contributed by atoms with Crippen LogP contribution in [0.15, 0.2) is 24.4 Å². The number of anilines is 2. The molecule has 0 aliphatic rings. The molecular formula is C13H16N8O2. The first-order valence-electron chi connectivity index (χ1n) is 6.93. The Morgan fingerprint density at radius 1 is 1.39 bits per heavy atom. The Morgan fingerprint density at radius 3 is 3.00 bits per heavy atom. The second-order valence-electron chi connectivity index (χ2n) is 4.77. The molecule has 0 bridgehead atoms. The number of methoxy groups -OCH3 is 1. The third-order valence-corrected chi connectivity index (χ3v) is 3.03. The van der Waals surface area contributed by atoms with Crippen molar-refractivity contribution in [2.45, 2.75) is 0 Å². The van der Waals surface area contributed by atoms with Crippen molar-refractivity contribution < 1.29 is 9.53 Å². The van der Waals surface area contributed by atoms with Gasteiger partial charge in [0, 0.05) is 20.7 Å². The monoisotopic (exact) mass is 316 g/mol. The van der Waals surface area contributed by atoms with Gasteiger partial charge < -0.3 is 10.1 Å². The summed E-state index contributed by atoms with van der Waals surface area (Å²) in [6.07, 6.45) is 1.52. The molecule has 0 aliphatic carbocycles. The van der Waals surface area contributed by atoms with E-state index >= 15 is 0 Å². The van der Waals surface area contributed by atoms with E-state index in [1.165, 1.54) is 10.9 Å². The highest BCUT2D eigenvalue weighted by Crippen LogP contribution is 2.13. The molecule has 2 N–H and O–H groups in total. The SMILES string of the molecule is COCCNc1cccc2nc(NC(=O)c3cn(C)nn3)nn12. The summed E-state index contributed by atoms with van der Waals surface area (Å²) >= 11 is 0. The van der Waals surface area contributed by atoms with Gasteiger partial charge in [0.1, 0.15) is 5.82 Å². The molecule has 3 heterocycles. The Kier molecular flexibility index (Phi) is 4.15. The molecule has 0 saturated carbocycles. The van der Waals surface area contributed by atoms with Gasteiger partial charge in [0.15, 0.2) is 11.3 Å². The largest absolute Gasteiger partial charge is 0.383 e. The van der Waals surface area contributed by atoms with Gasteiger partial charge in [-0.2, -0.15) is 9.50 Å². The molecule has 0 spiro atoms. The van der Waals surface area contributed by atoms with Gasteiger partial charge in [0.25, 0.3) is 5.91 Å². The van der Waals surface area contributed by atoms with Crippen LogP contribution in [-0.4, -0.2) is 55.8 Å². The van der Waals surface area contributed by atoms with Gasteiger partial charge >= 0.3 is 0 Å². The maximum absolute atomic E-state index is 12.1. The van der Waals surface area contributed by atoms with Crippen LogP contribution in [0.25, 0.3) is 5.65 Å². The molecule has 1 amide bonds. The van der Waals surface area contributed by atoms with Crippen LogP contribution in [0.4, 0.5) is 11.8 Å². The standard InChI is InChI=1S/C13H16N8O2/c1-20-8-9(17-19-20)12(22)16-13-15-11-5-3-4-10(21(11)18-13)14-6-7-23-2/h3-5,8,14H,6-7H2,1-2H3,(H,16,18,22). The van der Waals surface area contributed by atoms with Crippen LogP contribution < -0.4 is 10.6 Å². The number of carbonyl (C=O) groups is 1. The zero-order valence-electron chi connectivity index (χ0n) is 12.7. The zero-order valence-corrected chi connectivity index (χ0v) is 12.7. The molecule has 120 valence electrons. The van der Waals surface area contributed by atoms with Crippen molar-refractivity contribution in [2.24, 2.45) is 7.05 Å². The van der Waals surface area contributed by atoms with E-state index < -0.39 is 5.91 Å². The molecule has 23 heavy (non-hydrogen) atoms. The molecule has 3 aromatic rings. The van der Waals surface area contributed by atoms with Crippen molar-refractivity contribution in [1.29, 1.82) is 0 Å². The summed E-state index contributed by atoms with van der Waals surface area (Å²) < 4.78 is 8.07. The Bertz CT molecular complexity index is 824. The van der Waals surface area contributed by atoms with E-state index in [4.69, 9.17) is 4.74 Å². The molecular weight excluding hydrogens is 300 g/mol. The summed E-state index contributed by atoms with van der Waals surface area (Å²) in [6.45, 7) is 1.21. The van der Waals surface area contributed by atoms with Crippen molar-refractivity contribution in [3.05, 3.63) is 30.1 Å². The summed E-state index contributed by atoms with van der Waals surface area (Å²) in [5.41, 5.74) is 0.812. The van der Waals surface area contributed by atoms with Crippen LogP contribution in [0, 0.1) is 0 Å². The Balaban J connectivity index is 1.79. The number of amides is 1. The number of hydrogen-bond acceptors (Lipinski definition) is 7. The molecule has 3 rings (SSSR count). The first-order chi connectivity index (χ1) is 11.2. The van der Waals surface area contributed by atoms with Gasteiger partial charge in [0.2, 0.25) is 5.95 Å². The quantitative estimate of drug-likeness (QED) is 0.623. The average molecular weight is 316 g/mol. The summed E-state index contributed by atoms with van der Waals surface area (Å²) in [6, 6.07) is 5.52. The van der Waals surface area contributed by atoms with E-state index in [0.717, 1.165) is 5.82 Å². The molecule has 0 saturated heterocycles. The third kappa shape index (κ3) is 3.26. The van der Waals surface area contributed by atoms with E-state index in [1.807, 2.05) is 12.1 Å². The zero-order chi connectivity index (χ0) is 16.2. The maximum atomic E-state index is 12.1. The lowest BCUT2D eigenvalue weighted by atomic mass is 10.4. The number of pyridine rings is 1. The topological polar surface area (TPSA) is 111 Å². The van der Waals surface area contributed by atoms with Gasteiger partial charge in [-0.15, -0.1) is 10.2 Å². The Morgan fingerprint density at radius 2 is 2.26 bits per heavy atom. The van der Waals surface area contributed by atoms with Crippen LogP contribution in [-0.2, 0) is 11.8 Å². The molecule has 10 nitrogen and oxygen atoms in total. The van der Waals surface area contributed by atoms with Crippen molar-refractivity contribution in [2.75, 3.05) is 30.9 Å². The molecule has 0 radical (unpaired) electrons. The predicted molar refractivity (Wildman–Crippen MR) is 82.3 cm³/mol. The minimum absolute atomic E-state index is 0.196. The summed E-state index contributed by atoms with van der Waals surface area (Å²) in [4.78, 5) is 16.3. The van der Waals surface area contributed by atoms with Gasteiger partial charge in [-0.25, -0.2) is 0 Å². The number of ether oxygens (including phenoxy) is 1. The van der Waals surface area contributed by atoms with Gasteiger partial charge in [-0.3, -0.25) is 14.8 Å². The lowest BCUT2D eigenvalue weighted by Gasteiger charge is -2.06.